The molecule has 0 atom stereocenters. The Bertz CT molecular complexity index is 950. The molecular formula is C14H11N3O3S2. The number of fused-ring (bicyclic) bond motifs is 1. The van der Waals surface area contributed by atoms with Crippen molar-refractivity contribution in [1.82, 2.24) is 4.98 Å². The van der Waals surface area contributed by atoms with Crippen LogP contribution < -0.4 is 11.1 Å². The molecule has 1 heterocycles. The Kier molecular flexibility index (Phi) is 3.55. The minimum Gasteiger partial charge on any atom is -0.351 e. The summed E-state index contributed by atoms with van der Waals surface area (Å²) in [6, 6.07) is 12.2. The highest BCUT2D eigenvalue weighted by Crippen LogP contribution is 2.34. The smallest absolute Gasteiger partial charge is 0.318 e. The van der Waals surface area contributed by atoms with Gasteiger partial charge >= 0.3 is 6.03 Å². The van der Waals surface area contributed by atoms with E-state index in [1.165, 1.54) is 18.2 Å². The third-order valence-electron chi connectivity index (χ3n) is 2.95. The van der Waals surface area contributed by atoms with E-state index in [2.05, 4.69) is 10.3 Å². The van der Waals surface area contributed by atoms with Crippen molar-refractivity contribution in [2.45, 2.75) is 9.79 Å². The molecule has 0 radical (unpaired) electrons. The third kappa shape index (κ3) is 2.53. The normalized spacial score (nSPS) is 11.5. The van der Waals surface area contributed by atoms with Gasteiger partial charge in [-0.1, -0.05) is 35.6 Å². The number of urea groups is 1. The third-order valence-corrected chi connectivity index (χ3v) is 5.91. The van der Waals surface area contributed by atoms with Crippen LogP contribution in [0.5, 0.6) is 0 Å². The van der Waals surface area contributed by atoms with Gasteiger partial charge in [0.25, 0.3) is 0 Å². The van der Waals surface area contributed by atoms with Gasteiger partial charge < -0.3 is 5.73 Å². The van der Waals surface area contributed by atoms with E-state index < -0.39 is 15.9 Å². The molecule has 0 saturated carbocycles. The zero-order chi connectivity index (χ0) is 15.7. The van der Waals surface area contributed by atoms with Crippen LogP contribution in [0, 0.1) is 0 Å². The van der Waals surface area contributed by atoms with Crippen molar-refractivity contribution in [1.29, 1.82) is 0 Å². The number of anilines is 1. The highest BCUT2D eigenvalue weighted by atomic mass is 32.2. The quantitative estimate of drug-likeness (QED) is 0.769. The number of carbonyl (C=O) groups is 1. The van der Waals surface area contributed by atoms with Gasteiger partial charge in [-0.2, -0.15) is 0 Å². The van der Waals surface area contributed by atoms with Gasteiger partial charge in [-0.05, 0) is 24.3 Å². The average molecular weight is 333 g/mol. The molecule has 112 valence electrons. The van der Waals surface area contributed by atoms with Gasteiger partial charge in [0.2, 0.25) is 9.84 Å². The number of primary amides is 1. The van der Waals surface area contributed by atoms with E-state index in [0.717, 1.165) is 11.3 Å². The number of carbonyl (C=O) groups excluding carboxylic acids is 1. The largest absolute Gasteiger partial charge is 0.351 e. The maximum atomic E-state index is 12.7. The molecule has 0 fully saturated rings. The molecule has 2 amide bonds. The molecule has 0 aliphatic carbocycles. The maximum Gasteiger partial charge on any atom is 0.318 e. The topological polar surface area (TPSA) is 102 Å². The van der Waals surface area contributed by atoms with Crippen molar-refractivity contribution >= 4 is 42.6 Å². The molecule has 0 unspecified atom stereocenters. The van der Waals surface area contributed by atoms with Gasteiger partial charge in [-0.3, -0.25) is 5.32 Å². The van der Waals surface area contributed by atoms with Gasteiger partial charge in [0.05, 0.1) is 20.0 Å². The molecule has 1 aromatic heterocycles. The fourth-order valence-corrected chi connectivity index (χ4v) is 4.73. The first-order valence-electron chi connectivity index (χ1n) is 6.24. The SMILES string of the molecule is NC(=O)Nc1nc2cccc(S(=O)(=O)c3ccccc3)c2s1. The Morgan fingerprint density at radius 2 is 1.82 bits per heavy atom. The van der Waals surface area contributed by atoms with Gasteiger partial charge in [0.15, 0.2) is 5.13 Å². The summed E-state index contributed by atoms with van der Waals surface area (Å²) < 4.78 is 26.0. The molecule has 3 rings (SSSR count). The van der Waals surface area contributed by atoms with Gasteiger partial charge in [-0.25, -0.2) is 18.2 Å². The van der Waals surface area contributed by atoms with Gasteiger partial charge in [0.1, 0.15) is 0 Å². The van der Waals surface area contributed by atoms with E-state index in [9.17, 15) is 13.2 Å². The standard InChI is InChI=1S/C14H11N3O3S2/c15-13(18)17-14-16-10-7-4-8-11(12(10)21-14)22(19,20)9-5-2-1-3-6-9/h1-8H,(H3,15,16,17,18). The lowest BCUT2D eigenvalue weighted by atomic mass is 10.3. The van der Waals surface area contributed by atoms with Crippen LogP contribution >= 0.6 is 11.3 Å². The Balaban J connectivity index is 2.19. The molecule has 6 nitrogen and oxygen atoms in total. The summed E-state index contributed by atoms with van der Waals surface area (Å²) in [5.74, 6) is 0. The Morgan fingerprint density at radius 3 is 2.50 bits per heavy atom. The Morgan fingerprint density at radius 1 is 1.09 bits per heavy atom. The summed E-state index contributed by atoms with van der Waals surface area (Å²) in [6.07, 6.45) is 0. The highest BCUT2D eigenvalue weighted by molar-refractivity contribution is 7.92. The molecule has 2 aromatic carbocycles. The van der Waals surface area contributed by atoms with E-state index >= 15 is 0 Å². The fourth-order valence-electron chi connectivity index (χ4n) is 2.02. The summed E-state index contributed by atoms with van der Waals surface area (Å²) in [7, 11) is -3.65. The number of aromatic nitrogens is 1. The monoisotopic (exact) mass is 333 g/mol. The number of rotatable bonds is 3. The second-order valence-corrected chi connectivity index (χ2v) is 7.35. The molecule has 0 aliphatic rings. The predicted molar refractivity (Wildman–Crippen MR) is 84.7 cm³/mol. The lowest BCUT2D eigenvalue weighted by molar-refractivity contribution is 0.259. The van der Waals surface area contributed by atoms with Crippen molar-refractivity contribution in [3.8, 4) is 0 Å². The molecule has 22 heavy (non-hydrogen) atoms. The van der Waals surface area contributed by atoms with Gasteiger partial charge in [0, 0.05) is 0 Å². The van der Waals surface area contributed by atoms with Crippen LogP contribution in [0.2, 0.25) is 0 Å². The predicted octanol–water partition coefficient (Wildman–Crippen LogP) is 2.62. The number of nitrogens with one attached hydrogen (secondary N) is 1. The molecule has 0 aliphatic heterocycles. The molecular weight excluding hydrogens is 322 g/mol. The van der Waals surface area contributed by atoms with Crippen molar-refractivity contribution in [3.05, 3.63) is 48.5 Å². The molecule has 8 heteroatoms. The summed E-state index contributed by atoms with van der Waals surface area (Å²) in [6.45, 7) is 0. The lowest BCUT2D eigenvalue weighted by Crippen LogP contribution is -2.18. The zero-order valence-corrected chi connectivity index (χ0v) is 12.8. The zero-order valence-electron chi connectivity index (χ0n) is 11.2. The fraction of sp³-hybridized carbons (Fsp3) is 0. The number of sulfone groups is 1. The number of nitrogens with zero attached hydrogens (tertiary/aromatic N) is 1. The second-order valence-electron chi connectivity index (χ2n) is 4.43. The second kappa shape index (κ2) is 5.39. The lowest BCUT2D eigenvalue weighted by Gasteiger charge is -2.04. The Hall–Kier alpha value is -2.45. The first-order chi connectivity index (χ1) is 10.5. The first-order valence-corrected chi connectivity index (χ1v) is 8.54. The van der Waals surface area contributed by atoms with Crippen LogP contribution in [0.4, 0.5) is 9.93 Å². The van der Waals surface area contributed by atoms with Crippen molar-refractivity contribution < 1.29 is 13.2 Å². The summed E-state index contributed by atoms with van der Waals surface area (Å²) in [5, 5.41) is 2.63. The van der Waals surface area contributed by atoms with E-state index in [0.29, 0.717) is 10.2 Å². The number of amides is 2. The van der Waals surface area contributed by atoms with E-state index in [-0.39, 0.29) is 14.9 Å². The van der Waals surface area contributed by atoms with E-state index in [4.69, 9.17) is 5.73 Å². The number of nitrogens with two attached hydrogens (primary N) is 1. The molecule has 0 bridgehead atoms. The van der Waals surface area contributed by atoms with Gasteiger partial charge in [-0.15, -0.1) is 0 Å². The van der Waals surface area contributed by atoms with Crippen molar-refractivity contribution in [2.24, 2.45) is 5.73 Å². The first kappa shape index (κ1) is 14.5. The van der Waals surface area contributed by atoms with Crippen LogP contribution in [0.1, 0.15) is 0 Å². The van der Waals surface area contributed by atoms with Crippen molar-refractivity contribution in [3.63, 3.8) is 0 Å². The summed E-state index contributed by atoms with van der Waals surface area (Å²) >= 11 is 1.07. The van der Waals surface area contributed by atoms with Crippen LogP contribution in [0.3, 0.4) is 0 Å². The number of benzene rings is 2. The van der Waals surface area contributed by atoms with Crippen molar-refractivity contribution in [2.75, 3.05) is 5.32 Å². The summed E-state index contributed by atoms with van der Waals surface area (Å²) in [5.41, 5.74) is 5.55. The highest BCUT2D eigenvalue weighted by Gasteiger charge is 2.22. The molecule has 3 N–H and O–H groups in total. The maximum absolute atomic E-state index is 12.7. The minimum atomic E-state index is -3.65. The van der Waals surface area contributed by atoms with Crippen LogP contribution in [-0.2, 0) is 9.84 Å². The number of hydrogen-bond donors (Lipinski definition) is 2. The average Bonchev–Trinajstić information content (AvgIpc) is 2.89. The van der Waals surface area contributed by atoms with Crippen LogP contribution in [0.25, 0.3) is 10.2 Å². The van der Waals surface area contributed by atoms with Crippen LogP contribution in [0.15, 0.2) is 58.3 Å². The van der Waals surface area contributed by atoms with Crippen LogP contribution in [-0.4, -0.2) is 19.4 Å². The summed E-state index contributed by atoms with van der Waals surface area (Å²) in [4.78, 5) is 15.4. The molecule has 0 spiro atoms. The number of hydrogen-bond acceptors (Lipinski definition) is 5. The van der Waals surface area contributed by atoms with E-state index in [1.807, 2.05) is 0 Å². The minimum absolute atomic E-state index is 0.159. The Labute approximate surface area is 130 Å². The molecule has 3 aromatic rings. The number of thiazole rings is 1. The van der Waals surface area contributed by atoms with E-state index in [1.54, 1.807) is 30.3 Å². The molecule has 0 saturated heterocycles.